The monoisotopic (exact) mass is 235 g/mol. The minimum absolute atomic E-state index is 0.361. The highest BCUT2D eigenvalue weighted by Gasteiger charge is 2.07. The number of nitrogens with one attached hydrogen (secondary N) is 1. The largest absolute Gasteiger partial charge is 0.382 e. The van der Waals surface area contributed by atoms with Crippen molar-refractivity contribution in [2.24, 2.45) is 0 Å². The standard InChI is InChI=1S/C10H13N5S/c1-7(10-12-2-3-16-10)4-14-9-6-13-8(11)5-15-9/h2-3,5-7H,4H2,1H3,(H2,11,13)(H,14,15). The lowest BCUT2D eigenvalue weighted by Crippen LogP contribution is -2.11. The van der Waals surface area contributed by atoms with Gasteiger partial charge in [-0.1, -0.05) is 6.92 Å². The van der Waals surface area contributed by atoms with Gasteiger partial charge in [-0.05, 0) is 0 Å². The summed E-state index contributed by atoms with van der Waals surface area (Å²) in [6, 6.07) is 0. The smallest absolute Gasteiger partial charge is 0.144 e. The van der Waals surface area contributed by atoms with Crippen LogP contribution in [0.1, 0.15) is 17.8 Å². The molecule has 0 radical (unpaired) electrons. The van der Waals surface area contributed by atoms with Crippen LogP contribution in [-0.4, -0.2) is 21.5 Å². The highest BCUT2D eigenvalue weighted by molar-refractivity contribution is 7.09. The minimum atomic E-state index is 0.361. The van der Waals surface area contributed by atoms with Crippen molar-refractivity contribution in [1.29, 1.82) is 0 Å². The van der Waals surface area contributed by atoms with E-state index in [1.807, 2.05) is 11.6 Å². The van der Waals surface area contributed by atoms with E-state index in [9.17, 15) is 0 Å². The van der Waals surface area contributed by atoms with Crippen LogP contribution in [0, 0.1) is 0 Å². The summed E-state index contributed by atoms with van der Waals surface area (Å²) in [6.07, 6.45) is 4.99. The Morgan fingerprint density at radius 3 is 2.88 bits per heavy atom. The molecular formula is C10H13N5S. The Balaban J connectivity index is 1.90. The molecule has 0 spiro atoms. The Kier molecular flexibility index (Phi) is 3.31. The summed E-state index contributed by atoms with van der Waals surface area (Å²) in [5.41, 5.74) is 5.45. The molecule has 3 N–H and O–H groups in total. The Labute approximate surface area is 97.8 Å². The second-order valence-electron chi connectivity index (χ2n) is 3.48. The molecule has 2 aromatic heterocycles. The van der Waals surface area contributed by atoms with Crippen molar-refractivity contribution in [1.82, 2.24) is 15.0 Å². The molecule has 2 rings (SSSR count). The van der Waals surface area contributed by atoms with Crippen LogP contribution in [0.15, 0.2) is 24.0 Å². The van der Waals surface area contributed by atoms with Crippen molar-refractivity contribution >= 4 is 23.0 Å². The van der Waals surface area contributed by atoms with E-state index in [2.05, 4.69) is 27.2 Å². The summed E-state index contributed by atoms with van der Waals surface area (Å²) in [5.74, 6) is 1.52. The van der Waals surface area contributed by atoms with Gasteiger partial charge in [0.1, 0.15) is 11.6 Å². The van der Waals surface area contributed by atoms with E-state index >= 15 is 0 Å². The molecule has 5 nitrogen and oxygen atoms in total. The van der Waals surface area contributed by atoms with Crippen LogP contribution >= 0.6 is 11.3 Å². The lowest BCUT2D eigenvalue weighted by Gasteiger charge is -2.09. The third-order valence-corrected chi connectivity index (χ3v) is 3.14. The van der Waals surface area contributed by atoms with Gasteiger partial charge in [-0.15, -0.1) is 11.3 Å². The van der Waals surface area contributed by atoms with E-state index < -0.39 is 0 Å². The second kappa shape index (κ2) is 4.89. The topological polar surface area (TPSA) is 76.7 Å². The molecule has 1 atom stereocenters. The first kappa shape index (κ1) is 10.8. The summed E-state index contributed by atoms with van der Waals surface area (Å²) in [6.45, 7) is 2.91. The number of nitrogen functional groups attached to an aromatic ring is 1. The lowest BCUT2D eigenvalue weighted by atomic mass is 10.2. The molecule has 0 aliphatic heterocycles. The fraction of sp³-hybridized carbons (Fsp3) is 0.300. The molecule has 84 valence electrons. The van der Waals surface area contributed by atoms with Crippen molar-refractivity contribution in [3.63, 3.8) is 0 Å². The number of hydrogen-bond donors (Lipinski definition) is 2. The zero-order valence-corrected chi connectivity index (χ0v) is 9.74. The van der Waals surface area contributed by atoms with Crippen LogP contribution in [0.5, 0.6) is 0 Å². The minimum Gasteiger partial charge on any atom is -0.382 e. The highest BCUT2D eigenvalue weighted by atomic mass is 32.1. The molecule has 0 fully saturated rings. The molecule has 0 bridgehead atoms. The molecular weight excluding hydrogens is 222 g/mol. The van der Waals surface area contributed by atoms with Crippen LogP contribution in [0.3, 0.4) is 0 Å². The van der Waals surface area contributed by atoms with Gasteiger partial charge < -0.3 is 11.1 Å². The first-order valence-electron chi connectivity index (χ1n) is 4.96. The number of nitrogens with zero attached hydrogens (tertiary/aromatic N) is 3. The van der Waals surface area contributed by atoms with Crippen LogP contribution < -0.4 is 11.1 Å². The van der Waals surface area contributed by atoms with Crippen molar-refractivity contribution in [3.8, 4) is 0 Å². The summed E-state index contributed by atoms with van der Waals surface area (Å²) in [4.78, 5) is 12.3. The number of aromatic nitrogens is 3. The summed E-state index contributed by atoms with van der Waals surface area (Å²) in [5, 5.41) is 6.30. The van der Waals surface area contributed by atoms with E-state index in [0.717, 1.165) is 17.4 Å². The third kappa shape index (κ3) is 2.66. The molecule has 1 unspecified atom stereocenters. The predicted molar refractivity (Wildman–Crippen MR) is 65.5 cm³/mol. The van der Waals surface area contributed by atoms with Gasteiger partial charge in [-0.25, -0.2) is 15.0 Å². The Bertz CT molecular complexity index is 425. The number of anilines is 2. The van der Waals surface area contributed by atoms with Crippen molar-refractivity contribution in [3.05, 3.63) is 29.0 Å². The molecule has 0 saturated carbocycles. The van der Waals surface area contributed by atoms with E-state index in [-0.39, 0.29) is 0 Å². The van der Waals surface area contributed by atoms with Crippen molar-refractivity contribution in [2.45, 2.75) is 12.8 Å². The van der Waals surface area contributed by atoms with Gasteiger partial charge in [0.2, 0.25) is 0 Å². The van der Waals surface area contributed by atoms with Crippen LogP contribution in [-0.2, 0) is 0 Å². The van der Waals surface area contributed by atoms with E-state index in [1.165, 1.54) is 6.20 Å². The van der Waals surface area contributed by atoms with Gasteiger partial charge in [0.25, 0.3) is 0 Å². The quantitative estimate of drug-likeness (QED) is 0.844. The zero-order valence-electron chi connectivity index (χ0n) is 8.92. The van der Waals surface area contributed by atoms with Crippen molar-refractivity contribution < 1.29 is 0 Å². The molecule has 2 heterocycles. The zero-order chi connectivity index (χ0) is 11.4. The molecule has 0 amide bonds. The molecule has 2 aromatic rings. The SMILES string of the molecule is CC(CNc1cnc(N)cn1)c1nccs1. The second-order valence-corrected chi connectivity index (χ2v) is 4.40. The number of rotatable bonds is 4. The van der Waals surface area contributed by atoms with Gasteiger partial charge in [0.05, 0.1) is 17.4 Å². The molecule has 0 aromatic carbocycles. The summed E-state index contributed by atoms with van der Waals surface area (Å²) < 4.78 is 0. The molecule has 0 aliphatic carbocycles. The first-order chi connectivity index (χ1) is 7.75. The van der Waals surface area contributed by atoms with E-state index in [4.69, 9.17) is 5.73 Å². The van der Waals surface area contributed by atoms with Gasteiger partial charge in [0.15, 0.2) is 0 Å². The third-order valence-electron chi connectivity index (χ3n) is 2.13. The normalized spacial score (nSPS) is 12.3. The van der Waals surface area contributed by atoms with Gasteiger partial charge in [-0.2, -0.15) is 0 Å². The van der Waals surface area contributed by atoms with Gasteiger partial charge in [-0.3, -0.25) is 0 Å². The van der Waals surface area contributed by atoms with E-state index in [1.54, 1.807) is 17.5 Å². The molecule has 0 saturated heterocycles. The van der Waals surface area contributed by atoms with Crippen LogP contribution in [0.2, 0.25) is 0 Å². The number of hydrogen-bond acceptors (Lipinski definition) is 6. The van der Waals surface area contributed by atoms with Gasteiger partial charge in [0, 0.05) is 24.0 Å². The number of nitrogens with two attached hydrogens (primary N) is 1. The lowest BCUT2D eigenvalue weighted by molar-refractivity contribution is 0.791. The fourth-order valence-corrected chi connectivity index (χ4v) is 1.95. The van der Waals surface area contributed by atoms with E-state index in [0.29, 0.717) is 11.7 Å². The Morgan fingerprint density at radius 1 is 1.38 bits per heavy atom. The molecule has 16 heavy (non-hydrogen) atoms. The summed E-state index contributed by atoms with van der Waals surface area (Å²) in [7, 11) is 0. The van der Waals surface area contributed by atoms with Gasteiger partial charge >= 0.3 is 0 Å². The highest BCUT2D eigenvalue weighted by Crippen LogP contribution is 2.17. The molecule has 0 aliphatic rings. The summed E-state index contributed by atoms with van der Waals surface area (Å²) >= 11 is 1.66. The fourth-order valence-electron chi connectivity index (χ4n) is 1.25. The molecule has 6 heteroatoms. The van der Waals surface area contributed by atoms with Crippen LogP contribution in [0.4, 0.5) is 11.6 Å². The average molecular weight is 235 g/mol. The maximum atomic E-state index is 5.45. The van der Waals surface area contributed by atoms with Crippen LogP contribution in [0.25, 0.3) is 0 Å². The Hall–Kier alpha value is -1.69. The first-order valence-corrected chi connectivity index (χ1v) is 5.84. The predicted octanol–water partition coefficient (Wildman–Crippen LogP) is 1.73. The van der Waals surface area contributed by atoms with Crippen molar-refractivity contribution in [2.75, 3.05) is 17.6 Å². The maximum absolute atomic E-state index is 5.45. The number of thiazole rings is 1. The average Bonchev–Trinajstić information content (AvgIpc) is 2.81. The Morgan fingerprint density at radius 2 is 2.25 bits per heavy atom. The maximum Gasteiger partial charge on any atom is 0.144 e.